The van der Waals surface area contributed by atoms with Gasteiger partial charge in [0.25, 0.3) is 0 Å². The Bertz CT molecular complexity index is 500. The van der Waals surface area contributed by atoms with Crippen molar-refractivity contribution in [2.75, 3.05) is 20.2 Å². The van der Waals surface area contributed by atoms with Crippen LogP contribution in [0.3, 0.4) is 0 Å². The maximum Gasteiger partial charge on any atom is 0.338 e. The highest BCUT2D eigenvalue weighted by Crippen LogP contribution is 2.24. The maximum atomic E-state index is 12.3. The summed E-state index contributed by atoms with van der Waals surface area (Å²) in [6, 6.07) is 7.69. The van der Waals surface area contributed by atoms with Crippen LogP contribution in [0.25, 0.3) is 0 Å². The number of benzene rings is 1. The van der Waals surface area contributed by atoms with Crippen LogP contribution in [0, 0.1) is 5.92 Å². The fourth-order valence-electron chi connectivity index (χ4n) is 2.89. The van der Waals surface area contributed by atoms with Gasteiger partial charge in [0.2, 0.25) is 0 Å². The molecule has 3 atom stereocenters. The Hall–Kier alpha value is -1.55. The van der Waals surface area contributed by atoms with E-state index in [9.17, 15) is 4.79 Å². The molecule has 1 aromatic rings. The predicted octanol–water partition coefficient (Wildman–Crippen LogP) is 3.75. The number of carbonyl (C=O) groups excluding carboxylic acids is 1. The van der Waals surface area contributed by atoms with Gasteiger partial charge in [-0.3, -0.25) is 0 Å². The van der Waals surface area contributed by atoms with Crippen LogP contribution in [0.5, 0.6) is 5.75 Å². The quantitative estimate of drug-likeness (QED) is 0.591. The molecule has 23 heavy (non-hydrogen) atoms. The van der Waals surface area contributed by atoms with E-state index in [1.807, 2.05) is 12.1 Å². The lowest BCUT2D eigenvalue weighted by atomic mass is 9.92. The zero-order valence-corrected chi connectivity index (χ0v) is 14.7. The molecule has 0 bridgehead atoms. The Labute approximate surface area is 139 Å². The van der Waals surface area contributed by atoms with E-state index < -0.39 is 0 Å². The molecule has 1 aromatic carbocycles. The van der Waals surface area contributed by atoms with Crippen LogP contribution in [0.1, 0.15) is 50.4 Å². The van der Waals surface area contributed by atoms with Gasteiger partial charge < -0.3 is 14.4 Å². The second-order valence-electron chi connectivity index (χ2n) is 6.67. The average Bonchev–Trinajstić information content (AvgIpc) is 2.53. The molecule has 0 radical (unpaired) electrons. The monoisotopic (exact) mass is 319 g/mol. The largest absolute Gasteiger partial charge is 0.494 e. The molecule has 2 rings (SSSR count). The minimum Gasteiger partial charge on any atom is -0.494 e. The number of nitrogens with zero attached hydrogens (tertiary/aromatic N) is 1. The van der Waals surface area contributed by atoms with Crippen molar-refractivity contribution in [1.29, 1.82) is 0 Å². The summed E-state index contributed by atoms with van der Waals surface area (Å²) in [7, 11) is 2.12. The molecule has 1 aliphatic heterocycles. The van der Waals surface area contributed by atoms with E-state index >= 15 is 0 Å². The van der Waals surface area contributed by atoms with Crippen LogP contribution < -0.4 is 4.74 Å². The highest BCUT2D eigenvalue weighted by molar-refractivity contribution is 5.89. The lowest BCUT2D eigenvalue weighted by Gasteiger charge is -2.39. The van der Waals surface area contributed by atoms with Crippen LogP contribution in [-0.4, -0.2) is 43.2 Å². The fourth-order valence-corrected chi connectivity index (χ4v) is 2.89. The average molecular weight is 319 g/mol. The van der Waals surface area contributed by atoms with Crippen molar-refractivity contribution in [1.82, 2.24) is 4.90 Å². The third-order valence-corrected chi connectivity index (χ3v) is 4.65. The van der Waals surface area contributed by atoms with Gasteiger partial charge >= 0.3 is 5.97 Å². The first-order valence-electron chi connectivity index (χ1n) is 8.65. The molecule has 1 heterocycles. The van der Waals surface area contributed by atoms with Gasteiger partial charge in [-0.2, -0.15) is 0 Å². The van der Waals surface area contributed by atoms with E-state index in [4.69, 9.17) is 9.47 Å². The van der Waals surface area contributed by atoms with Gasteiger partial charge in [0.15, 0.2) is 0 Å². The molecule has 0 unspecified atom stereocenters. The van der Waals surface area contributed by atoms with Gasteiger partial charge in [-0.25, -0.2) is 4.79 Å². The summed E-state index contributed by atoms with van der Waals surface area (Å²) in [6.45, 7) is 8.13. The topological polar surface area (TPSA) is 38.8 Å². The molecule has 0 amide bonds. The molecular formula is C19H29NO3. The van der Waals surface area contributed by atoms with E-state index in [0.29, 0.717) is 24.1 Å². The van der Waals surface area contributed by atoms with Gasteiger partial charge in [0.05, 0.1) is 12.2 Å². The minimum absolute atomic E-state index is 0.00539. The second kappa shape index (κ2) is 8.34. The summed E-state index contributed by atoms with van der Waals surface area (Å²) in [6.07, 6.45) is 3.03. The Morgan fingerprint density at radius 2 is 1.96 bits per heavy atom. The standard InChI is InChI=1S/C19H29NO3/c1-5-6-11-22-17-9-7-16(8-10-17)19(21)23-18-12-15(3)20(4)13-14(18)2/h7-10,14-15,18H,5-6,11-13H2,1-4H3/t14-,15-,18-/m0/s1. The van der Waals surface area contributed by atoms with Crippen molar-refractivity contribution in [2.24, 2.45) is 5.92 Å². The van der Waals surface area contributed by atoms with Crippen molar-refractivity contribution < 1.29 is 14.3 Å². The SMILES string of the molecule is CCCCOc1ccc(C(=O)O[C@H]2C[C@H](C)N(C)C[C@@H]2C)cc1. The number of esters is 1. The summed E-state index contributed by atoms with van der Waals surface area (Å²) < 4.78 is 11.4. The highest BCUT2D eigenvalue weighted by atomic mass is 16.5. The number of unbranched alkanes of at least 4 members (excludes halogenated alkanes) is 1. The lowest BCUT2D eigenvalue weighted by molar-refractivity contribution is -0.0196. The third-order valence-electron chi connectivity index (χ3n) is 4.65. The zero-order chi connectivity index (χ0) is 16.8. The van der Waals surface area contributed by atoms with Crippen LogP contribution in [0.15, 0.2) is 24.3 Å². The molecule has 1 fully saturated rings. The van der Waals surface area contributed by atoms with Crippen LogP contribution in [0.2, 0.25) is 0 Å². The number of piperidine rings is 1. The lowest BCUT2D eigenvalue weighted by Crippen LogP contribution is -2.46. The van der Waals surface area contributed by atoms with E-state index in [1.54, 1.807) is 12.1 Å². The first kappa shape index (κ1) is 17.8. The number of hydrogen-bond donors (Lipinski definition) is 0. The summed E-state index contributed by atoms with van der Waals surface area (Å²) in [5.41, 5.74) is 0.589. The maximum absolute atomic E-state index is 12.3. The summed E-state index contributed by atoms with van der Waals surface area (Å²) in [5, 5.41) is 0. The van der Waals surface area contributed by atoms with Crippen molar-refractivity contribution in [2.45, 2.75) is 52.2 Å². The highest BCUT2D eigenvalue weighted by Gasteiger charge is 2.31. The van der Waals surface area contributed by atoms with Crippen LogP contribution in [0.4, 0.5) is 0 Å². The third kappa shape index (κ3) is 4.96. The molecule has 1 saturated heterocycles. The molecule has 1 aliphatic rings. The Morgan fingerprint density at radius 1 is 1.26 bits per heavy atom. The second-order valence-corrected chi connectivity index (χ2v) is 6.67. The predicted molar refractivity (Wildman–Crippen MR) is 91.9 cm³/mol. The molecule has 0 spiro atoms. The molecule has 4 heteroatoms. The minimum atomic E-state index is -0.237. The first-order chi connectivity index (χ1) is 11.0. The molecule has 0 aromatic heterocycles. The van der Waals surface area contributed by atoms with Crippen LogP contribution in [-0.2, 0) is 4.74 Å². The number of rotatable bonds is 6. The molecule has 0 saturated carbocycles. The summed E-state index contributed by atoms with van der Waals surface area (Å²) >= 11 is 0. The Kier molecular flexibility index (Phi) is 6.46. The first-order valence-corrected chi connectivity index (χ1v) is 8.65. The summed E-state index contributed by atoms with van der Waals surface area (Å²) in [4.78, 5) is 14.7. The van der Waals surface area contributed by atoms with Gasteiger partial charge in [-0.1, -0.05) is 20.3 Å². The molecule has 4 nitrogen and oxygen atoms in total. The van der Waals surface area contributed by atoms with E-state index in [1.165, 1.54) is 0 Å². The van der Waals surface area contributed by atoms with E-state index in [-0.39, 0.29) is 12.1 Å². The Morgan fingerprint density at radius 3 is 2.61 bits per heavy atom. The van der Waals surface area contributed by atoms with Crippen molar-refractivity contribution in [3.05, 3.63) is 29.8 Å². The van der Waals surface area contributed by atoms with E-state index in [2.05, 4.69) is 32.7 Å². The van der Waals surface area contributed by atoms with Gasteiger partial charge in [-0.05, 0) is 51.1 Å². The zero-order valence-electron chi connectivity index (χ0n) is 14.7. The summed E-state index contributed by atoms with van der Waals surface area (Å²) in [5.74, 6) is 0.923. The fraction of sp³-hybridized carbons (Fsp3) is 0.632. The number of likely N-dealkylation sites (tertiary alicyclic amines) is 1. The Balaban J connectivity index is 1.90. The molecular weight excluding hydrogens is 290 g/mol. The van der Waals surface area contributed by atoms with Crippen LogP contribution >= 0.6 is 0 Å². The number of carbonyl (C=O) groups is 1. The molecule has 0 aliphatic carbocycles. The number of ether oxygens (including phenoxy) is 2. The number of hydrogen-bond acceptors (Lipinski definition) is 4. The van der Waals surface area contributed by atoms with Gasteiger partial charge in [-0.15, -0.1) is 0 Å². The van der Waals surface area contributed by atoms with Gasteiger partial charge in [0.1, 0.15) is 11.9 Å². The van der Waals surface area contributed by atoms with E-state index in [0.717, 1.165) is 31.6 Å². The van der Waals surface area contributed by atoms with Crippen molar-refractivity contribution >= 4 is 5.97 Å². The smallest absolute Gasteiger partial charge is 0.338 e. The van der Waals surface area contributed by atoms with Gasteiger partial charge in [0, 0.05) is 18.5 Å². The molecule has 128 valence electrons. The van der Waals surface area contributed by atoms with Crippen molar-refractivity contribution in [3.8, 4) is 5.75 Å². The van der Waals surface area contributed by atoms with Crippen molar-refractivity contribution in [3.63, 3.8) is 0 Å². The normalized spacial score (nSPS) is 25.1. The molecule has 0 N–H and O–H groups in total.